The minimum absolute atomic E-state index is 0.115. The number of benzene rings is 1. The van der Waals surface area contributed by atoms with Crippen LogP contribution in [-0.4, -0.2) is 24.5 Å². The molecule has 3 aromatic heterocycles. The number of nitrogens with two attached hydrogens (primary N) is 1. The molecule has 5 rings (SSSR count). The summed E-state index contributed by atoms with van der Waals surface area (Å²) in [6.07, 6.45) is 6.63. The van der Waals surface area contributed by atoms with E-state index >= 15 is 4.39 Å². The summed E-state index contributed by atoms with van der Waals surface area (Å²) in [6, 6.07) is 8.75. The number of nitrogens with one attached hydrogen (secondary N) is 1. The molecule has 4 aromatic rings. The van der Waals surface area contributed by atoms with Crippen molar-refractivity contribution < 1.29 is 4.39 Å². The number of halogens is 1. The van der Waals surface area contributed by atoms with Gasteiger partial charge in [0.1, 0.15) is 41.2 Å². The van der Waals surface area contributed by atoms with Gasteiger partial charge in [0, 0.05) is 29.6 Å². The SMILES string of the molecule is C[C@H](Nc1ncnc(N)c1C#N)c1nc2ccc(F)c(-c3cccnc3)c2n1C1CC1. The second-order valence-corrected chi connectivity index (χ2v) is 7.56. The maximum absolute atomic E-state index is 15.0. The van der Waals surface area contributed by atoms with E-state index in [2.05, 4.69) is 24.8 Å². The van der Waals surface area contributed by atoms with Crippen molar-refractivity contribution in [2.45, 2.75) is 31.8 Å². The van der Waals surface area contributed by atoms with Gasteiger partial charge in [-0.25, -0.2) is 19.3 Å². The minimum Gasteiger partial charge on any atom is -0.382 e. The Kier molecular flexibility index (Phi) is 4.47. The van der Waals surface area contributed by atoms with Crippen LogP contribution in [0.5, 0.6) is 0 Å². The lowest BCUT2D eigenvalue weighted by Gasteiger charge is -2.18. The van der Waals surface area contributed by atoms with Gasteiger partial charge in [-0.3, -0.25) is 4.98 Å². The van der Waals surface area contributed by atoms with Crippen LogP contribution < -0.4 is 11.1 Å². The monoisotopic (exact) mass is 414 g/mol. The highest BCUT2D eigenvalue weighted by Crippen LogP contribution is 2.43. The Morgan fingerprint density at radius 2 is 2.13 bits per heavy atom. The van der Waals surface area contributed by atoms with Gasteiger partial charge in [-0.1, -0.05) is 6.07 Å². The van der Waals surface area contributed by atoms with Crippen LogP contribution in [0.15, 0.2) is 43.0 Å². The summed E-state index contributed by atoms with van der Waals surface area (Å²) >= 11 is 0. The summed E-state index contributed by atoms with van der Waals surface area (Å²) in [6.45, 7) is 1.93. The Balaban J connectivity index is 1.66. The van der Waals surface area contributed by atoms with Crippen LogP contribution in [-0.2, 0) is 0 Å². The molecule has 0 saturated heterocycles. The summed E-state index contributed by atoms with van der Waals surface area (Å²) in [5, 5.41) is 12.7. The van der Waals surface area contributed by atoms with Crippen LogP contribution in [0.1, 0.15) is 43.2 Å². The van der Waals surface area contributed by atoms with Gasteiger partial charge in [-0.15, -0.1) is 0 Å². The Bertz CT molecular complexity index is 1320. The maximum atomic E-state index is 15.0. The summed E-state index contributed by atoms with van der Waals surface area (Å²) in [4.78, 5) is 17.0. The zero-order valence-corrected chi connectivity index (χ0v) is 16.7. The number of nitrogens with zero attached hydrogens (tertiary/aromatic N) is 6. The fourth-order valence-electron chi connectivity index (χ4n) is 3.86. The molecule has 0 unspecified atom stereocenters. The van der Waals surface area contributed by atoms with Crippen LogP contribution in [0.25, 0.3) is 22.2 Å². The molecule has 1 aromatic carbocycles. The average molecular weight is 414 g/mol. The van der Waals surface area contributed by atoms with E-state index in [9.17, 15) is 5.26 Å². The molecule has 1 atom stereocenters. The smallest absolute Gasteiger partial charge is 0.150 e. The lowest BCUT2D eigenvalue weighted by molar-refractivity contribution is 0.628. The first-order valence-corrected chi connectivity index (χ1v) is 9.96. The Morgan fingerprint density at radius 1 is 1.29 bits per heavy atom. The molecule has 0 bridgehead atoms. The summed E-state index contributed by atoms with van der Waals surface area (Å²) < 4.78 is 17.1. The van der Waals surface area contributed by atoms with Crippen LogP contribution in [0, 0.1) is 17.1 Å². The molecule has 0 aliphatic heterocycles. The van der Waals surface area contributed by atoms with E-state index in [0.29, 0.717) is 22.5 Å². The van der Waals surface area contributed by atoms with Gasteiger partial charge >= 0.3 is 0 Å². The predicted octanol–water partition coefficient (Wildman–Crippen LogP) is 3.99. The highest BCUT2D eigenvalue weighted by molar-refractivity contribution is 5.93. The van der Waals surface area contributed by atoms with Gasteiger partial charge in [0.05, 0.1) is 17.1 Å². The second kappa shape index (κ2) is 7.32. The van der Waals surface area contributed by atoms with Crippen molar-refractivity contribution in [3.8, 4) is 17.2 Å². The van der Waals surface area contributed by atoms with Crippen LogP contribution >= 0.6 is 0 Å². The third-order valence-corrected chi connectivity index (χ3v) is 5.42. The zero-order chi connectivity index (χ0) is 21.5. The number of pyridine rings is 1. The van der Waals surface area contributed by atoms with E-state index in [4.69, 9.17) is 10.7 Å². The Labute approximate surface area is 177 Å². The third kappa shape index (κ3) is 3.22. The van der Waals surface area contributed by atoms with E-state index in [1.807, 2.05) is 19.1 Å². The molecule has 1 aliphatic carbocycles. The normalized spacial score (nSPS) is 14.4. The van der Waals surface area contributed by atoms with Gasteiger partial charge < -0.3 is 15.6 Å². The minimum atomic E-state index is -0.315. The first-order chi connectivity index (χ1) is 15.1. The highest BCUT2D eigenvalue weighted by atomic mass is 19.1. The Hall–Kier alpha value is -4.06. The van der Waals surface area contributed by atoms with Crippen LogP contribution in [0.4, 0.5) is 16.0 Å². The topological polar surface area (TPSA) is 118 Å². The first-order valence-electron chi connectivity index (χ1n) is 9.96. The molecule has 154 valence electrons. The molecule has 9 heteroatoms. The number of anilines is 2. The van der Waals surface area contributed by atoms with E-state index in [1.54, 1.807) is 24.5 Å². The summed E-state index contributed by atoms with van der Waals surface area (Å²) in [5.74, 6) is 0.888. The van der Waals surface area contributed by atoms with Crippen molar-refractivity contribution >= 4 is 22.7 Å². The number of hydrogen-bond donors (Lipinski definition) is 2. The van der Waals surface area contributed by atoms with Crippen molar-refractivity contribution in [1.82, 2.24) is 24.5 Å². The largest absolute Gasteiger partial charge is 0.382 e. The summed E-state index contributed by atoms with van der Waals surface area (Å²) in [7, 11) is 0. The van der Waals surface area contributed by atoms with Gasteiger partial charge in [0.2, 0.25) is 0 Å². The van der Waals surface area contributed by atoms with Gasteiger partial charge in [0.25, 0.3) is 0 Å². The van der Waals surface area contributed by atoms with Crippen LogP contribution in [0.2, 0.25) is 0 Å². The number of nitriles is 1. The first kappa shape index (κ1) is 18.9. The molecule has 1 fully saturated rings. The molecule has 1 aliphatic rings. The second-order valence-electron chi connectivity index (χ2n) is 7.56. The van der Waals surface area contributed by atoms with Gasteiger partial charge in [0.15, 0.2) is 0 Å². The lowest BCUT2D eigenvalue weighted by Crippen LogP contribution is -2.16. The van der Waals surface area contributed by atoms with Crippen molar-refractivity contribution in [1.29, 1.82) is 5.26 Å². The molecule has 3 N–H and O–H groups in total. The zero-order valence-electron chi connectivity index (χ0n) is 16.7. The van der Waals surface area contributed by atoms with E-state index in [0.717, 1.165) is 24.2 Å². The van der Waals surface area contributed by atoms with Crippen molar-refractivity contribution in [3.63, 3.8) is 0 Å². The van der Waals surface area contributed by atoms with Crippen molar-refractivity contribution in [3.05, 3.63) is 60.2 Å². The third-order valence-electron chi connectivity index (χ3n) is 5.42. The maximum Gasteiger partial charge on any atom is 0.150 e. The molecule has 31 heavy (non-hydrogen) atoms. The molecule has 0 radical (unpaired) electrons. The summed E-state index contributed by atoms with van der Waals surface area (Å²) in [5.41, 5.74) is 8.66. The average Bonchev–Trinajstić information content (AvgIpc) is 3.54. The quantitative estimate of drug-likeness (QED) is 0.507. The number of aromatic nitrogens is 5. The lowest BCUT2D eigenvalue weighted by atomic mass is 10.0. The fraction of sp³-hybridized carbons (Fsp3) is 0.227. The van der Waals surface area contributed by atoms with Crippen molar-refractivity contribution in [2.24, 2.45) is 0 Å². The molecule has 1 saturated carbocycles. The van der Waals surface area contributed by atoms with E-state index in [1.165, 1.54) is 12.4 Å². The van der Waals surface area contributed by atoms with Crippen LogP contribution in [0.3, 0.4) is 0 Å². The standard InChI is InChI=1S/C22H19FN8/c1-12(29-21-15(9-24)20(25)27-11-28-21)22-30-17-7-6-16(23)18(13-3-2-8-26-10-13)19(17)31(22)14-4-5-14/h2-3,6-8,10-12,14H,4-5H2,1H3,(H3,25,27,28,29)/t12-/m0/s1. The molecule has 0 spiro atoms. The highest BCUT2D eigenvalue weighted by Gasteiger charge is 2.32. The fourth-order valence-corrected chi connectivity index (χ4v) is 3.86. The predicted molar refractivity (Wildman–Crippen MR) is 114 cm³/mol. The molecular formula is C22H19FN8. The van der Waals surface area contributed by atoms with Gasteiger partial charge in [-0.2, -0.15) is 5.26 Å². The van der Waals surface area contributed by atoms with E-state index in [-0.39, 0.29) is 29.3 Å². The number of hydrogen-bond acceptors (Lipinski definition) is 7. The van der Waals surface area contributed by atoms with Gasteiger partial charge in [-0.05, 0) is 38.0 Å². The molecule has 0 amide bonds. The number of fused-ring (bicyclic) bond motifs is 1. The van der Waals surface area contributed by atoms with E-state index < -0.39 is 0 Å². The Morgan fingerprint density at radius 3 is 2.84 bits per heavy atom. The molecular weight excluding hydrogens is 395 g/mol. The number of rotatable bonds is 5. The molecule has 8 nitrogen and oxygen atoms in total. The number of nitrogen functional groups attached to an aromatic ring is 1. The molecule has 3 heterocycles. The van der Waals surface area contributed by atoms with Crippen molar-refractivity contribution in [2.75, 3.05) is 11.1 Å². The number of imidazole rings is 1.